The summed E-state index contributed by atoms with van der Waals surface area (Å²) in [4.78, 5) is 38.9. The van der Waals surface area contributed by atoms with Crippen LogP contribution in [0.1, 0.15) is 34.9 Å². The molecule has 0 aromatic carbocycles. The van der Waals surface area contributed by atoms with Crippen LogP contribution >= 0.6 is 15.9 Å². The van der Waals surface area contributed by atoms with E-state index in [0.717, 1.165) is 0 Å². The van der Waals surface area contributed by atoms with E-state index in [1.807, 2.05) is 0 Å². The van der Waals surface area contributed by atoms with E-state index in [1.165, 1.54) is 12.3 Å². The molecule has 8 nitrogen and oxygen atoms in total. The lowest BCUT2D eigenvalue weighted by Crippen LogP contribution is -2.54. The largest absolute Gasteiger partial charge is 0.459 e. The number of hydrazine groups is 1. The van der Waals surface area contributed by atoms with Gasteiger partial charge in [0.25, 0.3) is 17.7 Å². The Morgan fingerprint density at radius 1 is 1.21 bits per heavy atom. The molecule has 0 bridgehead atoms. The molecule has 2 heterocycles. The molecular weight excluding hydrogens is 380 g/mol. The average Bonchev–Trinajstić information content (AvgIpc) is 3.20. The van der Waals surface area contributed by atoms with Crippen LogP contribution in [0.25, 0.3) is 0 Å². The van der Waals surface area contributed by atoms with Crippen LogP contribution in [-0.2, 0) is 4.79 Å². The normalized spacial score (nSPS) is 11.8. The van der Waals surface area contributed by atoms with Gasteiger partial charge in [-0.25, -0.2) is 0 Å². The minimum Gasteiger partial charge on any atom is -0.459 e. The van der Waals surface area contributed by atoms with Gasteiger partial charge < -0.3 is 14.7 Å². The number of hydrogen-bond acceptors (Lipinski definition) is 4. The van der Waals surface area contributed by atoms with Crippen molar-refractivity contribution >= 4 is 33.7 Å². The molecule has 0 radical (unpaired) electrons. The van der Waals surface area contributed by atoms with Crippen molar-refractivity contribution in [3.63, 3.8) is 0 Å². The summed E-state index contributed by atoms with van der Waals surface area (Å²) in [6, 6.07) is 3.81. The fraction of sp³-hybridized carbons (Fsp3) is 0.267. The summed E-state index contributed by atoms with van der Waals surface area (Å²) in [6.07, 6.45) is 2.96. The first-order valence-corrected chi connectivity index (χ1v) is 7.96. The molecule has 2 aromatic heterocycles. The Morgan fingerprint density at radius 2 is 1.96 bits per heavy atom. The molecule has 24 heavy (non-hydrogen) atoms. The molecule has 0 saturated carbocycles. The Labute approximate surface area is 146 Å². The topological polar surface area (TPSA) is 116 Å². The molecule has 0 aliphatic carbocycles. The van der Waals surface area contributed by atoms with Gasteiger partial charge in [0.05, 0.1) is 6.26 Å². The summed E-state index contributed by atoms with van der Waals surface area (Å²) in [5, 5.41) is 2.57. The van der Waals surface area contributed by atoms with Gasteiger partial charge in [-0.05, 0) is 40.0 Å². The maximum absolute atomic E-state index is 12.2. The van der Waals surface area contributed by atoms with Crippen LogP contribution in [0, 0.1) is 5.92 Å². The number of furan rings is 1. The smallest absolute Gasteiger partial charge is 0.287 e. The Hall–Kier alpha value is -2.55. The third-order valence-electron chi connectivity index (χ3n) is 3.17. The van der Waals surface area contributed by atoms with Crippen molar-refractivity contribution in [3.8, 4) is 0 Å². The van der Waals surface area contributed by atoms with E-state index in [2.05, 4.69) is 37.1 Å². The molecule has 9 heteroatoms. The number of hydrogen-bond donors (Lipinski definition) is 4. The Morgan fingerprint density at radius 3 is 2.50 bits per heavy atom. The number of halogens is 1. The predicted octanol–water partition coefficient (Wildman–Crippen LogP) is 1.59. The maximum atomic E-state index is 12.2. The summed E-state index contributed by atoms with van der Waals surface area (Å²) in [5.41, 5.74) is 4.87. The molecule has 0 fully saturated rings. The molecule has 4 N–H and O–H groups in total. The Bertz CT molecular complexity index is 724. The van der Waals surface area contributed by atoms with E-state index in [1.54, 1.807) is 32.2 Å². The van der Waals surface area contributed by atoms with Crippen molar-refractivity contribution < 1.29 is 18.8 Å². The lowest BCUT2D eigenvalue weighted by molar-refractivity contribution is -0.124. The third-order valence-corrected chi connectivity index (χ3v) is 3.63. The molecule has 2 aromatic rings. The van der Waals surface area contributed by atoms with Crippen molar-refractivity contribution in [2.24, 2.45) is 5.92 Å². The van der Waals surface area contributed by atoms with Crippen molar-refractivity contribution in [2.45, 2.75) is 19.9 Å². The van der Waals surface area contributed by atoms with Gasteiger partial charge in [-0.1, -0.05) is 13.8 Å². The SMILES string of the molecule is CC(C)[C@H](NC(=O)c1ccco1)C(=O)NNC(=O)c1cc(Br)c[nH]1. The maximum Gasteiger partial charge on any atom is 0.287 e. The van der Waals surface area contributed by atoms with Crippen LogP contribution in [0.2, 0.25) is 0 Å². The zero-order valence-electron chi connectivity index (χ0n) is 13.1. The zero-order valence-corrected chi connectivity index (χ0v) is 14.6. The van der Waals surface area contributed by atoms with Gasteiger partial charge in [0, 0.05) is 10.7 Å². The van der Waals surface area contributed by atoms with Crippen LogP contribution in [-0.4, -0.2) is 28.7 Å². The van der Waals surface area contributed by atoms with E-state index >= 15 is 0 Å². The minimum absolute atomic E-state index is 0.105. The van der Waals surface area contributed by atoms with Gasteiger partial charge >= 0.3 is 0 Å². The summed E-state index contributed by atoms with van der Waals surface area (Å²) in [5.74, 6) is -1.64. The van der Waals surface area contributed by atoms with Gasteiger partial charge in [0.15, 0.2) is 5.76 Å². The van der Waals surface area contributed by atoms with E-state index in [9.17, 15) is 14.4 Å². The number of nitrogens with one attached hydrogen (secondary N) is 4. The number of carbonyl (C=O) groups is 3. The number of rotatable bonds is 5. The van der Waals surface area contributed by atoms with E-state index < -0.39 is 23.8 Å². The van der Waals surface area contributed by atoms with Gasteiger partial charge in [0.1, 0.15) is 11.7 Å². The summed E-state index contributed by atoms with van der Waals surface area (Å²) >= 11 is 3.21. The molecule has 2 rings (SSSR count). The van der Waals surface area contributed by atoms with Crippen LogP contribution in [0.15, 0.2) is 39.5 Å². The highest BCUT2D eigenvalue weighted by Gasteiger charge is 2.26. The molecule has 0 unspecified atom stereocenters. The van der Waals surface area contributed by atoms with Gasteiger partial charge in [-0.3, -0.25) is 25.2 Å². The van der Waals surface area contributed by atoms with Crippen molar-refractivity contribution in [1.29, 1.82) is 0 Å². The lowest BCUT2D eigenvalue weighted by atomic mass is 10.0. The first-order valence-electron chi connectivity index (χ1n) is 7.17. The van der Waals surface area contributed by atoms with Crippen molar-refractivity contribution in [1.82, 2.24) is 21.2 Å². The van der Waals surface area contributed by atoms with E-state index in [-0.39, 0.29) is 17.4 Å². The van der Waals surface area contributed by atoms with Crippen molar-refractivity contribution in [3.05, 3.63) is 46.6 Å². The monoisotopic (exact) mass is 396 g/mol. The summed E-state index contributed by atoms with van der Waals surface area (Å²) in [6.45, 7) is 3.55. The third kappa shape index (κ3) is 4.48. The first kappa shape index (κ1) is 17.8. The fourth-order valence-corrected chi connectivity index (χ4v) is 2.26. The number of H-pyrrole nitrogens is 1. The van der Waals surface area contributed by atoms with E-state index in [0.29, 0.717) is 4.47 Å². The van der Waals surface area contributed by atoms with E-state index in [4.69, 9.17) is 4.42 Å². The highest BCUT2D eigenvalue weighted by atomic mass is 79.9. The number of aromatic amines is 1. The molecule has 0 saturated heterocycles. The van der Waals surface area contributed by atoms with Crippen molar-refractivity contribution in [2.75, 3.05) is 0 Å². The number of amides is 3. The quantitative estimate of drug-likeness (QED) is 0.574. The Kier molecular flexibility index (Phi) is 5.80. The highest BCUT2D eigenvalue weighted by molar-refractivity contribution is 9.10. The molecule has 3 amide bonds. The van der Waals surface area contributed by atoms with Crippen LogP contribution in [0.5, 0.6) is 0 Å². The fourth-order valence-electron chi connectivity index (χ4n) is 1.92. The first-order chi connectivity index (χ1) is 11.4. The van der Waals surface area contributed by atoms with Crippen LogP contribution in [0.4, 0.5) is 0 Å². The molecule has 0 aliphatic heterocycles. The highest BCUT2D eigenvalue weighted by Crippen LogP contribution is 2.10. The second-order valence-electron chi connectivity index (χ2n) is 5.35. The average molecular weight is 397 g/mol. The van der Waals surface area contributed by atoms with Gasteiger partial charge in [0.2, 0.25) is 0 Å². The zero-order chi connectivity index (χ0) is 17.7. The molecular formula is C15H17BrN4O4. The number of aromatic nitrogens is 1. The molecule has 128 valence electrons. The second kappa shape index (κ2) is 7.82. The van der Waals surface area contributed by atoms with Crippen LogP contribution in [0.3, 0.4) is 0 Å². The minimum atomic E-state index is -0.835. The van der Waals surface area contributed by atoms with Crippen LogP contribution < -0.4 is 16.2 Å². The summed E-state index contributed by atoms with van der Waals surface area (Å²) in [7, 11) is 0. The second-order valence-corrected chi connectivity index (χ2v) is 6.26. The van der Waals surface area contributed by atoms with Gasteiger partial charge in [-0.2, -0.15) is 0 Å². The molecule has 1 atom stereocenters. The molecule has 0 aliphatic rings. The molecule has 0 spiro atoms. The lowest BCUT2D eigenvalue weighted by Gasteiger charge is -2.21. The predicted molar refractivity (Wildman–Crippen MR) is 88.9 cm³/mol. The Balaban J connectivity index is 1.94. The van der Waals surface area contributed by atoms with Gasteiger partial charge in [-0.15, -0.1) is 0 Å². The standard InChI is InChI=1S/C15H17BrN4O4/c1-8(2)12(18-14(22)11-4-3-5-24-11)15(23)20-19-13(21)10-6-9(16)7-17-10/h3-8,12,17H,1-2H3,(H,18,22)(H,19,21)(H,20,23)/t12-/m0/s1. The summed E-state index contributed by atoms with van der Waals surface area (Å²) < 4.78 is 5.70. The number of carbonyl (C=O) groups excluding carboxylic acids is 3.